The van der Waals surface area contributed by atoms with Crippen LogP contribution in [-0.4, -0.2) is 52.2 Å². The number of hydrogen-bond donors (Lipinski definition) is 3. The molecule has 8 nitrogen and oxygen atoms in total. The number of phenolic OH excluding ortho intramolecular Hbond substituents is 1. The van der Waals surface area contributed by atoms with E-state index in [2.05, 4.69) is 60.5 Å². The molecule has 0 spiro atoms. The molecular weight excluding hydrogens is 508 g/mol. The van der Waals surface area contributed by atoms with Gasteiger partial charge in [0.2, 0.25) is 5.95 Å². The summed E-state index contributed by atoms with van der Waals surface area (Å²) in [6, 6.07) is 15.6. The molecule has 0 atom stereocenters. The van der Waals surface area contributed by atoms with E-state index in [1.165, 1.54) is 26.4 Å². The van der Waals surface area contributed by atoms with Crippen molar-refractivity contribution in [1.29, 1.82) is 0 Å². The fourth-order valence-corrected chi connectivity index (χ4v) is 3.94. The Morgan fingerprint density at radius 1 is 1.00 bits per heavy atom. The predicted octanol–water partition coefficient (Wildman–Crippen LogP) is 6.09. The fourth-order valence-electron chi connectivity index (χ4n) is 3.59. The molecule has 5 rings (SSSR count). The summed E-state index contributed by atoms with van der Waals surface area (Å²) in [5.74, 6) is 1.48. The highest BCUT2D eigenvalue weighted by Gasteiger charge is 2.18. The molecule has 0 saturated heterocycles. The number of halogens is 1. The molecule has 0 aliphatic heterocycles. The van der Waals surface area contributed by atoms with E-state index < -0.39 is 0 Å². The van der Waals surface area contributed by atoms with Crippen molar-refractivity contribution in [3.05, 3.63) is 65.4 Å². The summed E-state index contributed by atoms with van der Waals surface area (Å²) in [5, 5.41) is 17.1. The van der Waals surface area contributed by atoms with E-state index in [0.717, 1.165) is 27.1 Å². The van der Waals surface area contributed by atoms with Gasteiger partial charge >= 0.3 is 0 Å². The molecule has 0 radical (unpaired) electrons. The molecule has 2 heterocycles. The summed E-state index contributed by atoms with van der Waals surface area (Å²) in [5.41, 5.74) is 2.43. The van der Waals surface area contributed by atoms with Crippen molar-refractivity contribution in [2.45, 2.75) is 25.3 Å². The molecule has 2 aromatic heterocycles. The highest BCUT2D eigenvalue weighted by Crippen LogP contribution is 2.30. The van der Waals surface area contributed by atoms with Gasteiger partial charge in [-0.25, -0.2) is 4.98 Å². The smallest absolute Gasteiger partial charge is 0.229 e. The molecular formula is C26H29BrN6O2. The Morgan fingerprint density at radius 2 is 1.83 bits per heavy atom. The molecule has 0 bridgehead atoms. The zero-order chi connectivity index (χ0) is 24.8. The van der Waals surface area contributed by atoms with Crippen LogP contribution in [0.4, 0.5) is 23.1 Å². The van der Waals surface area contributed by atoms with Crippen molar-refractivity contribution >= 4 is 50.0 Å². The molecule has 2 aromatic carbocycles. The van der Waals surface area contributed by atoms with Crippen molar-refractivity contribution < 1.29 is 9.84 Å². The molecule has 1 aliphatic carbocycles. The highest BCUT2D eigenvalue weighted by atomic mass is 79.9. The minimum absolute atomic E-state index is 0.0696. The minimum atomic E-state index is 0.0696. The van der Waals surface area contributed by atoms with Gasteiger partial charge in [0.25, 0.3) is 0 Å². The third kappa shape index (κ3) is 6.58. The Bertz CT molecular complexity index is 1300. The lowest BCUT2D eigenvalue weighted by molar-refractivity contribution is 0.193. The molecule has 182 valence electrons. The van der Waals surface area contributed by atoms with Crippen LogP contribution in [0.2, 0.25) is 0 Å². The largest absolute Gasteiger partial charge is 0.504 e. The minimum Gasteiger partial charge on any atom is -0.504 e. The van der Waals surface area contributed by atoms with Crippen LogP contribution in [0.25, 0.3) is 10.9 Å². The van der Waals surface area contributed by atoms with Gasteiger partial charge < -0.3 is 25.4 Å². The Kier molecular flexibility index (Phi) is 7.99. The van der Waals surface area contributed by atoms with Gasteiger partial charge in [-0.3, -0.25) is 4.98 Å². The van der Waals surface area contributed by atoms with Crippen LogP contribution < -0.4 is 15.4 Å². The van der Waals surface area contributed by atoms with Crippen LogP contribution in [-0.2, 0) is 0 Å². The number of phenols is 1. The quantitative estimate of drug-likeness (QED) is 0.255. The number of hydrogen-bond acceptors (Lipinski definition) is 8. The van der Waals surface area contributed by atoms with Crippen molar-refractivity contribution in [2.75, 3.05) is 31.8 Å². The lowest BCUT2D eigenvalue weighted by Gasteiger charge is -2.31. The molecule has 3 N–H and O–H groups in total. The van der Waals surface area contributed by atoms with Crippen molar-refractivity contribution in [2.24, 2.45) is 0 Å². The van der Waals surface area contributed by atoms with Crippen LogP contribution in [0.1, 0.15) is 19.3 Å². The lowest BCUT2D eigenvalue weighted by atomic mass is 9.92. The van der Waals surface area contributed by atoms with Gasteiger partial charge in [0.1, 0.15) is 5.82 Å². The zero-order valence-electron chi connectivity index (χ0n) is 20.0. The van der Waals surface area contributed by atoms with Crippen molar-refractivity contribution in [3.63, 3.8) is 0 Å². The Morgan fingerprint density at radius 3 is 2.51 bits per heavy atom. The first kappa shape index (κ1) is 24.7. The topological polar surface area (TPSA) is 95.4 Å². The normalized spacial score (nSPS) is 13.1. The third-order valence-corrected chi connectivity index (χ3v) is 6.31. The van der Waals surface area contributed by atoms with Crippen LogP contribution >= 0.6 is 15.9 Å². The molecule has 1 fully saturated rings. The van der Waals surface area contributed by atoms with Gasteiger partial charge in [-0.2, -0.15) is 4.98 Å². The van der Waals surface area contributed by atoms with Crippen molar-refractivity contribution in [1.82, 2.24) is 19.9 Å². The Balaban J connectivity index is 0.000000356. The van der Waals surface area contributed by atoms with E-state index in [4.69, 9.17) is 4.74 Å². The van der Waals surface area contributed by atoms with Gasteiger partial charge in [-0.1, -0.05) is 28.4 Å². The van der Waals surface area contributed by atoms with Crippen molar-refractivity contribution in [3.8, 4) is 11.5 Å². The standard InChI is InChI=1S/C20H16BrN5O2.C6H13N/c1-28-18-10-14(4-5-17(18)27)25-20-22-7-6-19(26-20)24-15-8-12-2-3-13(21)9-16(12)23-11-15;1-7(2)6-4-3-5-6/h2-11,27H,1H3,(H2,22,24,25,26);6H,3-5H2,1-2H3. The third-order valence-electron chi connectivity index (χ3n) is 5.82. The average molecular weight is 537 g/mol. The Hall–Kier alpha value is -3.43. The van der Waals surface area contributed by atoms with E-state index in [1.807, 2.05) is 24.3 Å². The van der Waals surface area contributed by atoms with E-state index in [-0.39, 0.29) is 5.75 Å². The van der Waals surface area contributed by atoms with Gasteiger partial charge in [0.15, 0.2) is 11.5 Å². The number of nitrogens with zero attached hydrogens (tertiary/aromatic N) is 4. The predicted molar refractivity (Wildman–Crippen MR) is 144 cm³/mol. The number of ether oxygens (including phenoxy) is 1. The van der Waals surface area contributed by atoms with Crippen LogP contribution in [0, 0.1) is 0 Å². The number of rotatable bonds is 6. The first-order chi connectivity index (χ1) is 16.9. The summed E-state index contributed by atoms with van der Waals surface area (Å²) in [4.78, 5) is 15.5. The number of benzene rings is 2. The van der Waals surface area contributed by atoms with E-state index in [0.29, 0.717) is 23.2 Å². The number of anilines is 4. The summed E-state index contributed by atoms with van der Waals surface area (Å²) in [7, 11) is 5.81. The fraction of sp³-hybridized carbons (Fsp3) is 0.269. The number of methoxy groups -OCH3 is 1. The molecule has 35 heavy (non-hydrogen) atoms. The maximum absolute atomic E-state index is 9.70. The molecule has 1 saturated carbocycles. The first-order valence-electron chi connectivity index (χ1n) is 11.4. The Labute approximate surface area is 213 Å². The van der Waals surface area contributed by atoms with Gasteiger partial charge in [-0.15, -0.1) is 0 Å². The summed E-state index contributed by atoms with van der Waals surface area (Å²) < 4.78 is 6.11. The first-order valence-corrected chi connectivity index (χ1v) is 12.2. The molecule has 1 aliphatic rings. The molecule has 4 aromatic rings. The van der Waals surface area contributed by atoms with Gasteiger partial charge in [-0.05, 0) is 63.3 Å². The number of aromatic hydroxyl groups is 1. The van der Waals surface area contributed by atoms with Crippen LogP contribution in [0.5, 0.6) is 11.5 Å². The SMILES string of the molecule is CN(C)C1CCC1.COc1cc(Nc2nccc(Nc3cnc4cc(Br)ccc4c3)n2)ccc1O. The number of fused-ring (bicyclic) bond motifs is 1. The second-order valence-electron chi connectivity index (χ2n) is 8.51. The molecule has 9 heteroatoms. The van der Waals surface area contributed by atoms with Gasteiger partial charge in [0, 0.05) is 33.9 Å². The van der Waals surface area contributed by atoms with Gasteiger partial charge in [0.05, 0.1) is 24.5 Å². The number of aromatic nitrogens is 3. The summed E-state index contributed by atoms with van der Waals surface area (Å²) >= 11 is 3.45. The number of pyridine rings is 1. The second-order valence-corrected chi connectivity index (χ2v) is 9.43. The summed E-state index contributed by atoms with van der Waals surface area (Å²) in [6.07, 6.45) is 7.71. The van der Waals surface area contributed by atoms with E-state index in [9.17, 15) is 5.11 Å². The maximum atomic E-state index is 9.70. The highest BCUT2D eigenvalue weighted by molar-refractivity contribution is 9.10. The molecule has 0 unspecified atom stereocenters. The lowest BCUT2D eigenvalue weighted by Crippen LogP contribution is -2.33. The second kappa shape index (κ2) is 11.3. The average Bonchev–Trinajstić information content (AvgIpc) is 2.80. The van der Waals surface area contributed by atoms with E-state index >= 15 is 0 Å². The maximum Gasteiger partial charge on any atom is 0.229 e. The zero-order valence-corrected chi connectivity index (χ0v) is 21.6. The van der Waals surface area contributed by atoms with Crippen LogP contribution in [0.3, 0.4) is 0 Å². The summed E-state index contributed by atoms with van der Waals surface area (Å²) in [6.45, 7) is 0. The number of nitrogens with one attached hydrogen (secondary N) is 2. The van der Waals surface area contributed by atoms with Crippen LogP contribution in [0.15, 0.2) is 65.4 Å². The molecule has 0 amide bonds. The monoisotopic (exact) mass is 536 g/mol. The van der Waals surface area contributed by atoms with E-state index in [1.54, 1.807) is 36.7 Å².